The van der Waals surface area contributed by atoms with E-state index < -0.39 is 5.54 Å². The molecule has 0 aromatic heterocycles. The normalized spacial score (nSPS) is 21.7. The van der Waals surface area contributed by atoms with Crippen molar-refractivity contribution in [3.8, 4) is 0 Å². The maximum atomic E-state index is 12.1. The maximum Gasteiger partial charge on any atom is 0.238 e. The van der Waals surface area contributed by atoms with Gasteiger partial charge in [-0.2, -0.15) is 0 Å². The van der Waals surface area contributed by atoms with Crippen molar-refractivity contribution in [3.05, 3.63) is 0 Å². The number of likely N-dealkylation sites (N-methyl/N-ethyl adjacent to an activating group) is 1. The van der Waals surface area contributed by atoms with Gasteiger partial charge in [-0.15, -0.1) is 0 Å². The van der Waals surface area contributed by atoms with Crippen molar-refractivity contribution in [2.24, 2.45) is 17.6 Å². The Labute approximate surface area is 110 Å². The van der Waals surface area contributed by atoms with Crippen LogP contribution in [0, 0.1) is 11.8 Å². The summed E-state index contributed by atoms with van der Waals surface area (Å²) in [7, 11) is 4.11. The Morgan fingerprint density at radius 1 is 1.22 bits per heavy atom. The third-order valence-electron chi connectivity index (χ3n) is 4.88. The first-order chi connectivity index (χ1) is 8.57. The fourth-order valence-corrected chi connectivity index (χ4v) is 3.33. The summed E-state index contributed by atoms with van der Waals surface area (Å²) in [5.41, 5.74) is 5.38. The van der Waals surface area contributed by atoms with E-state index in [9.17, 15) is 4.79 Å². The minimum Gasteiger partial charge on any atom is -0.368 e. The average Bonchev–Trinajstić information content (AvgIpc) is 2.10. The van der Waals surface area contributed by atoms with Gasteiger partial charge in [-0.25, -0.2) is 0 Å². The molecule has 0 spiro atoms. The lowest BCUT2D eigenvalue weighted by Crippen LogP contribution is -2.68. The van der Waals surface area contributed by atoms with Crippen LogP contribution >= 0.6 is 0 Å². The van der Waals surface area contributed by atoms with E-state index in [0.29, 0.717) is 11.8 Å². The lowest BCUT2D eigenvalue weighted by atomic mass is 9.59. The van der Waals surface area contributed by atoms with Crippen molar-refractivity contribution < 1.29 is 4.79 Å². The van der Waals surface area contributed by atoms with Gasteiger partial charge < -0.3 is 16.0 Å². The van der Waals surface area contributed by atoms with Gasteiger partial charge in [0.15, 0.2) is 0 Å². The lowest BCUT2D eigenvalue weighted by Gasteiger charge is -2.51. The van der Waals surface area contributed by atoms with E-state index in [4.69, 9.17) is 5.73 Å². The molecule has 0 aliphatic heterocycles. The van der Waals surface area contributed by atoms with Crippen LogP contribution in [0.1, 0.15) is 38.5 Å². The number of amides is 1. The van der Waals surface area contributed by atoms with Gasteiger partial charge in [0.2, 0.25) is 5.91 Å². The molecule has 2 saturated carbocycles. The molecule has 2 rings (SSSR count). The van der Waals surface area contributed by atoms with E-state index in [1.54, 1.807) is 0 Å². The van der Waals surface area contributed by atoms with Crippen LogP contribution < -0.4 is 11.1 Å². The van der Waals surface area contributed by atoms with Crippen molar-refractivity contribution in [1.82, 2.24) is 10.2 Å². The third-order valence-corrected chi connectivity index (χ3v) is 4.88. The van der Waals surface area contributed by atoms with Gasteiger partial charge in [0.1, 0.15) is 5.54 Å². The Hall–Kier alpha value is -0.610. The Kier molecular flexibility index (Phi) is 4.28. The highest BCUT2D eigenvalue weighted by Gasteiger charge is 2.53. The van der Waals surface area contributed by atoms with Gasteiger partial charge in [-0.3, -0.25) is 4.79 Å². The monoisotopic (exact) mass is 253 g/mol. The fourth-order valence-electron chi connectivity index (χ4n) is 3.33. The minimum absolute atomic E-state index is 0.115. The van der Waals surface area contributed by atoms with Crippen LogP contribution in [-0.4, -0.2) is 43.5 Å². The number of nitrogens with two attached hydrogens (primary N) is 1. The summed E-state index contributed by atoms with van der Waals surface area (Å²) in [6.07, 6.45) is 7.15. The Morgan fingerprint density at radius 3 is 2.00 bits per heavy atom. The topological polar surface area (TPSA) is 58.4 Å². The number of hydrogen-bond acceptors (Lipinski definition) is 3. The molecule has 2 aliphatic rings. The summed E-state index contributed by atoms with van der Waals surface area (Å²) in [6.45, 7) is 1.80. The van der Waals surface area contributed by atoms with Crippen molar-refractivity contribution in [1.29, 1.82) is 0 Å². The molecule has 0 unspecified atom stereocenters. The molecule has 4 nitrogen and oxygen atoms in total. The van der Waals surface area contributed by atoms with Crippen LogP contribution in [0.15, 0.2) is 0 Å². The summed E-state index contributed by atoms with van der Waals surface area (Å²) in [5.74, 6) is 0.834. The predicted octanol–water partition coefficient (Wildman–Crippen LogP) is 0.962. The predicted molar refractivity (Wildman–Crippen MR) is 73.2 cm³/mol. The molecule has 0 atom stereocenters. The molecule has 0 radical (unpaired) electrons. The number of nitrogens with zero attached hydrogens (tertiary/aromatic N) is 1. The second-order valence-electron chi connectivity index (χ2n) is 6.22. The molecule has 0 saturated heterocycles. The third kappa shape index (κ3) is 2.41. The van der Waals surface area contributed by atoms with Crippen LogP contribution in [-0.2, 0) is 4.79 Å². The summed E-state index contributed by atoms with van der Waals surface area (Å²) >= 11 is 0. The molecule has 2 fully saturated rings. The van der Waals surface area contributed by atoms with Crippen LogP contribution in [0.3, 0.4) is 0 Å². The standard InChI is InChI=1S/C14H27N3O/c1-17(2)10-9-16-14(13(15)18,11-5-3-6-11)12-7-4-8-12/h11-12,16H,3-10H2,1-2H3,(H2,15,18). The molecule has 0 aromatic carbocycles. The first-order valence-electron chi connectivity index (χ1n) is 7.27. The highest BCUT2D eigenvalue weighted by Crippen LogP contribution is 2.47. The lowest BCUT2D eigenvalue weighted by molar-refractivity contribution is -0.134. The van der Waals surface area contributed by atoms with Crippen LogP contribution in [0.25, 0.3) is 0 Å². The van der Waals surface area contributed by atoms with E-state index >= 15 is 0 Å². The summed E-state index contributed by atoms with van der Waals surface area (Å²) in [4.78, 5) is 14.3. The van der Waals surface area contributed by atoms with Gasteiger partial charge >= 0.3 is 0 Å². The Balaban J connectivity index is 2.05. The first kappa shape index (κ1) is 13.8. The molecule has 0 heterocycles. The van der Waals surface area contributed by atoms with E-state index in [1.807, 2.05) is 0 Å². The Bertz CT molecular complexity index is 281. The second kappa shape index (κ2) is 5.57. The number of primary amides is 1. The van der Waals surface area contributed by atoms with Crippen molar-refractivity contribution in [3.63, 3.8) is 0 Å². The highest BCUT2D eigenvalue weighted by atomic mass is 16.1. The van der Waals surface area contributed by atoms with E-state index in [2.05, 4.69) is 24.3 Å². The number of hydrogen-bond donors (Lipinski definition) is 2. The first-order valence-corrected chi connectivity index (χ1v) is 7.27. The Morgan fingerprint density at radius 2 is 1.72 bits per heavy atom. The maximum absolute atomic E-state index is 12.1. The molecule has 2 aliphatic carbocycles. The largest absolute Gasteiger partial charge is 0.368 e. The van der Waals surface area contributed by atoms with Crippen molar-refractivity contribution >= 4 is 5.91 Å². The fraction of sp³-hybridized carbons (Fsp3) is 0.929. The molecule has 0 bridgehead atoms. The zero-order valence-corrected chi connectivity index (χ0v) is 11.7. The number of rotatable bonds is 7. The zero-order valence-electron chi connectivity index (χ0n) is 11.7. The number of carbonyl (C=O) groups excluding carboxylic acids is 1. The van der Waals surface area contributed by atoms with Crippen molar-refractivity contribution in [2.75, 3.05) is 27.2 Å². The molecule has 18 heavy (non-hydrogen) atoms. The van der Waals surface area contributed by atoms with Gasteiger partial charge in [0, 0.05) is 13.1 Å². The molecular weight excluding hydrogens is 226 g/mol. The van der Waals surface area contributed by atoms with Crippen LogP contribution in [0.2, 0.25) is 0 Å². The molecular formula is C14H27N3O. The van der Waals surface area contributed by atoms with Gasteiger partial charge in [-0.1, -0.05) is 12.8 Å². The SMILES string of the molecule is CN(C)CCNC(C(N)=O)(C1CCC1)C1CCC1. The average molecular weight is 253 g/mol. The van der Waals surface area contributed by atoms with Crippen molar-refractivity contribution in [2.45, 2.75) is 44.1 Å². The van der Waals surface area contributed by atoms with Crippen LogP contribution in [0.4, 0.5) is 0 Å². The molecule has 0 aromatic rings. The summed E-state index contributed by atoms with van der Waals surface area (Å²) in [6, 6.07) is 0. The van der Waals surface area contributed by atoms with Gasteiger partial charge in [0.05, 0.1) is 0 Å². The van der Waals surface area contributed by atoms with E-state index in [0.717, 1.165) is 38.8 Å². The quantitative estimate of drug-likeness (QED) is 0.710. The smallest absolute Gasteiger partial charge is 0.238 e. The summed E-state index contributed by atoms with van der Waals surface area (Å²) < 4.78 is 0. The molecule has 3 N–H and O–H groups in total. The van der Waals surface area contributed by atoms with Gasteiger partial charge in [0.25, 0.3) is 0 Å². The van der Waals surface area contributed by atoms with E-state index in [-0.39, 0.29) is 5.91 Å². The van der Waals surface area contributed by atoms with Crippen LogP contribution in [0.5, 0.6) is 0 Å². The second-order valence-corrected chi connectivity index (χ2v) is 6.22. The molecule has 1 amide bonds. The van der Waals surface area contributed by atoms with E-state index in [1.165, 1.54) is 12.8 Å². The number of carbonyl (C=O) groups is 1. The number of nitrogens with one attached hydrogen (secondary N) is 1. The van der Waals surface area contributed by atoms with Gasteiger partial charge in [-0.05, 0) is 51.6 Å². The zero-order chi connectivity index (χ0) is 13.2. The summed E-state index contributed by atoms with van der Waals surface area (Å²) in [5, 5.41) is 3.55. The molecule has 4 heteroatoms. The highest BCUT2D eigenvalue weighted by molar-refractivity contribution is 5.86. The minimum atomic E-state index is -0.410. The molecule has 104 valence electrons.